The third-order valence-electron chi connectivity index (χ3n) is 7.59. The Balaban J connectivity index is 1.14. The average Bonchev–Trinajstić information content (AvgIpc) is 3.64. The molecule has 5 heterocycles. The number of hydrogen-bond donors (Lipinski definition) is 1. The second-order valence-corrected chi connectivity index (χ2v) is 9.81. The van der Waals surface area contributed by atoms with Gasteiger partial charge in [-0.1, -0.05) is 0 Å². The number of carbonyl (C=O) groups excluding carboxylic acids is 1. The quantitative estimate of drug-likeness (QED) is 0.572. The van der Waals surface area contributed by atoms with Crippen LogP contribution in [-0.2, 0) is 4.79 Å². The van der Waals surface area contributed by atoms with Crippen LogP contribution in [0, 0.1) is 0 Å². The Morgan fingerprint density at radius 3 is 2.56 bits per heavy atom. The molecule has 3 fully saturated rings. The summed E-state index contributed by atoms with van der Waals surface area (Å²) in [5.74, 6) is -0.859. The van der Waals surface area contributed by atoms with E-state index in [-0.39, 0.29) is 42.6 Å². The lowest BCUT2D eigenvalue weighted by atomic mass is 9.91. The van der Waals surface area contributed by atoms with Crippen LogP contribution < -0.4 is 10.6 Å². The van der Waals surface area contributed by atoms with E-state index in [4.69, 9.17) is 10.2 Å². The highest BCUT2D eigenvalue weighted by Gasteiger charge is 2.40. The number of hydrogen-bond acceptors (Lipinski definition) is 9. The first-order valence-corrected chi connectivity index (χ1v) is 12.5. The number of amides is 1. The summed E-state index contributed by atoms with van der Waals surface area (Å²) in [6.45, 7) is 3.24. The topological polar surface area (TPSA) is 122 Å². The monoisotopic (exact) mass is 501 g/mol. The van der Waals surface area contributed by atoms with Crippen molar-refractivity contribution in [3.05, 3.63) is 18.4 Å². The molecule has 3 aliphatic rings. The van der Waals surface area contributed by atoms with Crippen molar-refractivity contribution in [1.29, 1.82) is 0 Å². The predicted molar refractivity (Wildman–Crippen MR) is 126 cm³/mol. The van der Waals surface area contributed by atoms with E-state index >= 15 is 0 Å². The van der Waals surface area contributed by atoms with Gasteiger partial charge in [-0.3, -0.25) is 9.69 Å². The van der Waals surface area contributed by atoms with E-state index in [2.05, 4.69) is 25.0 Å². The lowest BCUT2D eigenvalue weighted by Gasteiger charge is -2.42. The van der Waals surface area contributed by atoms with Crippen molar-refractivity contribution in [2.24, 2.45) is 0 Å². The summed E-state index contributed by atoms with van der Waals surface area (Å²) in [5, 5.41) is 4.33. The van der Waals surface area contributed by atoms with Gasteiger partial charge in [-0.05, 0) is 37.8 Å². The van der Waals surface area contributed by atoms with E-state index in [1.54, 1.807) is 12.1 Å². The Kier molecular flexibility index (Phi) is 5.73. The second kappa shape index (κ2) is 8.95. The SMILES string of the molecule is Nc1nc(N2CCC[C@H]2C(=O)N2CCN(C3CCC(F)(F)CC3)CC2)nc2nc(-c3ccco3)nn12. The minimum absolute atomic E-state index is 0.0436. The molecule has 0 radical (unpaired) electrons. The zero-order valence-electron chi connectivity index (χ0n) is 19.9. The minimum Gasteiger partial charge on any atom is -0.461 e. The fourth-order valence-corrected chi connectivity index (χ4v) is 5.60. The van der Waals surface area contributed by atoms with E-state index in [9.17, 15) is 13.6 Å². The van der Waals surface area contributed by atoms with Crippen LogP contribution in [0.4, 0.5) is 20.7 Å². The summed E-state index contributed by atoms with van der Waals surface area (Å²) in [6, 6.07) is 3.30. The molecule has 0 bridgehead atoms. The second-order valence-electron chi connectivity index (χ2n) is 9.81. The molecule has 1 saturated carbocycles. The number of anilines is 2. The normalized spacial score (nSPS) is 23.6. The van der Waals surface area contributed by atoms with Crippen molar-refractivity contribution in [2.45, 2.75) is 56.5 Å². The van der Waals surface area contributed by atoms with Crippen LogP contribution in [-0.4, -0.2) is 91.0 Å². The third-order valence-corrected chi connectivity index (χ3v) is 7.59. The van der Waals surface area contributed by atoms with Crippen LogP contribution in [0.3, 0.4) is 0 Å². The smallest absolute Gasteiger partial charge is 0.259 e. The molecule has 3 aromatic rings. The maximum Gasteiger partial charge on any atom is 0.259 e. The van der Waals surface area contributed by atoms with E-state index < -0.39 is 5.92 Å². The molecule has 3 aromatic heterocycles. The van der Waals surface area contributed by atoms with Crippen molar-refractivity contribution >= 4 is 23.6 Å². The molecule has 13 heteroatoms. The highest BCUT2D eigenvalue weighted by molar-refractivity contribution is 5.85. The van der Waals surface area contributed by atoms with Crippen LogP contribution >= 0.6 is 0 Å². The third kappa shape index (κ3) is 4.25. The molecule has 1 aliphatic carbocycles. The molecule has 1 amide bonds. The van der Waals surface area contributed by atoms with Crippen molar-refractivity contribution < 1.29 is 18.0 Å². The lowest BCUT2D eigenvalue weighted by molar-refractivity contribution is -0.134. The van der Waals surface area contributed by atoms with Crippen LogP contribution in [0.1, 0.15) is 38.5 Å². The number of nitrogen functional groups attached to an aromatic ring is 1. The summed E-state index contributed by atoms with van der Waals surface area (Å²) in [4.78, 5) is 32.9. The molecule has 6 rings (SSSR count). The lowest BCUT2D eigenvalue weighted by Crippen LogP contribution is -2.56. The highest BCUT2D eigenvalue weighted by atomic mass is 19.3. The summed E-state index contributed by atoms with van der Waals surface area (Å²) in [5.41, 5.74) is 6.16. The van der Waals surface area contributed by atoms with Gasteiger partial charge in [0.05, 0.1) is 6.26 Å². The van der Waals surface area contributed by atoms with Crippen molar-refractivity contribution in [2.75, 3.05) is 43.4 Å². The fraction of sp³-hybridized carbons (Fsp3) is 0.609. The first-order valence-electron chi connectivity index (χ1n) is 12.5. The molecule has 11 nitrogen and oxygen atoms in total. The Morgan fingerprint density at radius 1 is 1.06 bits per heavy atom. The maximum absolute atomic E-state index is 13.5. The molecular weight excluding hydrogens is 472 g/mol. The summed E-state index contributed by atoms with van der Waals surface area (Å²) in [7, 11) is 0. The van der Waals surface area contributed by atoms with Crippen LogP contribution in [0.25, 0.3) is 17.4 Å². The van der Waals surface area contributed by atoms with E-state index in [1.807, 2.05) is 9.80 Å². The number of halogens is 2. The molecule has 0 spiro atoms. The molecule has 2 saturated heterocycles. The van der Waals surface area contributed by atoms with Crippen molar-refractivity contribution in [3.63, 3.8) is 0 Å². The van der Waals surface area contributed by atoms with E-state index in [0.717, 1.165) is 6.42 Å². The van der Waals surface area contributed by atoms with E-state index in [0.29, 0.717) is 69.5 Å². The Labute approximate surface area is 206 Å². The van der Waals surface area contributed by atoms with Crippen molar-refractivity contribution in [1.82, 2.24) is 34.4 Å². The number of aromatic nitrogens is 5. The zero-order valence-corrected chi connectivity index (χ0v) is 19.9. The van der Waals surface area contributed by atoms with Gasteiger partial charge in [-0.25, -0.2) is 8.78 Å². The van der Waals surface area contributed by atoms with Crippen molar-refractivity contribution in [3.8, 4) is 11.6 Å². The van der Waals surface area contributed by atoms with Crippen LogP contribution in [0.15, 0.2) is 22.8 Å². The Bertz CT molecular complexity index is 1230. The number of fused-ring (bicyclic) bond motifs is 1. The first-order chi connectivity index (χ1) is 17.4. The van der Waals surface area contributed by atoms with Gasteiger partial charge >= 0.3 is 0 Å². The Hall–Kier alpha value is -3.35. The minimum atomic E-state index is -2.53. The molecule has 2 N–H and O–H groups in total. The van der Waals surface area contributed by atoms with Gasteiger partial charge in [-0.2, -0.15) is 19.5 Å². The molecular formula is C23H29F2N9O2. The summed E-state index contributed by atoms with van der Waals surface area (Å²) < 4.78 is 33.8. The number of nitrogens with zero attached hydrogens (tertiary/aromatic N) is 8. The number of rotatable bonds is 4. The molecule has 0 unspecified atom stereocenters. The first kappa shape index (κ1) is 23.1. The Morgan fingerprint density at radius 2 is 1.83 bits per heavy atom. The van der Waals surface area contributed by atoms with Gasteiger partial charge in [0, 0.05) is 51.6 Å². The van der Waals surface area contributed by atoms with Gasteiger partial charge in [0.2, 0.25) is 29.6 Å². The number of piperazine rings is 1. The largest absolute Gasteiger partial charge is 0.461 e. The highest BCUT2D eigenvalue weighted by Crippen LogP contribution is 2.35. The summed E-state index contributed by atoms with van der Waals surface area (Å²) in [6.07, 6.45) is 4.02. The van der Waals surface area contributed by atoms with Gasteiger partial charge in [0.25, 0.3) is 5.78 Å². The predicted octanol–water partition coefficient (Wildman–Crippen LogP) is 2.05. The van der Waals surface area contributed by atoms with Crippen LogP contribution in [0.2, 0.25) is 0 Å². The zero-order chi connectivity index (χ0) is 24.9. The fourth-order valence-electron chi connectivity index (χ4n) is 5.60. The molecule has 1 atom stereocenters. The van der Waals surface area contributed by atoms with E-state index in [1.165, 1.54) is 10.8 Å². The number of nitrogens with two attached hydrogens (primary N) is 1. The van der Waals surface area contributed by atoms with Gasteiger partial charge in [0.1, 0.15) is 6.04 Å². The standard InChI is InChI=1S/C23H29F2N9O2/c24-23(25)7-5-15(6-8-23)31-10-12-32(13-11-31)19(35)16-3-1-9-33(16)21-28-20(26)34-22(29-21)27-18(30-34)17-4-2-14-36-17/h2,4,14-16H,1,3,5-13H2,(H2,26,27,28,29,30)/t16-/m0/s1. The van der Waals surface area contributed by atoms with Gasteiger partial charge in [0.15, 0.2) is 5.76 Å². The maximum atomic E-state index is 13.5. The van der Waals surface area contributed by atoms with Crippen LogP contribution in [0.5, 0.6) is 0 Å². The average molecular weight is 502 g/mol. The van der Waals surface area contributed by atoms with Gasteiger partial charge < -0.3 is 20.0 Å². The number of alkyl halides is 2. The number of furan rings is 1. The molecule has 0 aromatic carbocycles. The number of carbonyl (C=O) groups is 1. The molecule has 192 valence electrons. The van der Waals surface area contributed by atoms with Gasteiger partial charge in [-0.15, -0.1) is 5.10 Å². The summed E-state index contributed by atoms with van der Waals surface area (Å²) >= 11 is 0. The molecule has 36 heavy (non-hydrogen) atoms. The molecule has 2 aliphatic heterocycles.